The number of nitrogens with one attached hydrogen (secondary N) is 1. The second kappa shape index (κ2) is 8.04. The number of carbonyl (C=O) groups excluding carboxylic acids is 1. The zero-order chi connectivity index (χ0) is 19.6. The highest BCUT2D eigenvalue weighted by Gasteiger charge is 2.29. The van der Waals surface area contributed by atoms with Crippen molar-refractivity contribution in [3.63, 3.8) is 0 Å². The molecule has 2 aromatic rings. The molecule has 1 aromatic heterocycles. The largest absolute Gasteiger partial charge is 0.392 e. The minimum absolute atomic E-state index is 0.103. The lowest BCUT2D eigenvalue weighted by molar-refractivity contribution is 0.0342. The minimum atomic E-state index is -0.714. The third kappa shape index (κ3) is 3.95. The van der Waals surface area contributed by atoms with E-state index in [9.17, 15) is 19.6 Å². The van der Waals surface area contributed by atoms with E-state index in [1.807, 2.05) is 0 Å². The van der Waals surface area contributed by atoms with Gasteiger partial charge in [0.2, 0.25) is 0 Å². The minimum Gasteiger partial charge on any atom is -0.392 e. The van der Waals surface area contributed by atoms with Crippen LogP contribution in [0.4, 0.5) is 15.9 Å². The molecule has 1 aliphatic rings. The zero-order valence-electron chi connectivity index (χ0n) is 14.2. The van der Waals surface area contributed by atoms with Gasteiger partial charge >= 0.3 is 0 Å². The lowest BCUT2D eigenvalue weighted by Gasteiger charge is -2.26. The Kier molecular flexibility index (Phi) is 5.74. The summed E-state index contributed by atoms with van der Waals surface area (Å²) in [5.41, 5.74) is 6.17. The fourth-order valence-electron chi connectivity index (χ4n) is 2.94. The molecular weight excluding hydrogens is 421 g/mol. The van der Waals surface area contributed by atoms with Gasteiger partial charge in [0.1, 0.15) is 11.4 Å². The van der Waals surface area contributed by atoms with Gasteiger partial charge in [-0.05, 0) is 40.0 Å². The molecule has 0 aliphatic carbocycles. The average molecular weight is 438 g/mol. The predicted octanol–water partition coefficient (Wildman–Crippen LogP) is 2.22. The van der Waals surface area contributed by atoms with E-state index in [0.29, 0.717) is 30.9 Å². The molecule has 3 rings (SSSR count). The summed E-state index contributed by atoms with van der Waals surface area (Å²) in [6, 6.07) is 4.60. The van der Waals surface area contributed by atoms with E-state index in [1.165, 1.54) is 23.0 Å². The molecule has 0 spiro atoms. The van der Waals surface area contributed by atoms with Crippen LogP contribution in [0.3, 0.4) is 0 Å². The number of nitriles is 1. The lowest BCUT2D eigenvalue weighted by atomic mass is 9.97. The number of aromatic nitrogens is 2. The monoisotopic (exact) mass is 437 g/mol. The first-order valence-electron chi connectivity index (χ1n) is 8.16. The zero-order valence-corrected chi connectivity index (χ0v) is 15.7. The van der Waals surface area contributed by atoms with Gasteiger partial charge < -0.3 is 20.9 Å². The van der Waals surface area contributed by atoms with Crippen molar-refractivity contribution in [2.75, 3.05) is 18.5 Å². The van der Waals surface area contributed by atoms with Crippen molar-refractivity contribution in [1.82, 2.24) is 9.78 Å². The van der Waals surface area contributed by atoms with Crippen molar-refractivity contribution < 1.29 is 19.0 Å². The Morgan fingerprint density at radius 2 is 2.37 bits per heavy atom. The Morgan fingerprint density at radius 3 is 3.04 bits per heavy atom. The first-order chi connectivity index (χ1) is 12.9. The van der Waals surface area contributed by atoms with E-state index in [4.69, 9.17) is 10.5 Å². The summed E-state index contributed by atoms with van der Waals surface area (Å²) in [7, 11) is 0. The number of benzene rings is 1. The summed E-state index contributed by atoms with van der Waals surface area (Å²) in [6.07, 6.45) is 2.02. The maximum Gasteiger partial charge on any atom is 0.254 e. The van der Waals surface area contributed by atoms with Gasteiger partial charge in [0.15, 0.2) is 5.82 Å². The molecule has 0 bridgehead atoms. The van der Waals surface area contributed by atoms with Crippen molar-refractivity contribution >= 4 is 33.3 Å². The fraction of sp³-hybridized carbons (Fsp3) is 0.353. The van der Waals surface area contributed by atoms with Gasteiger partial charge in [-0.15, -0.1) is 0 Å². The summed E-state index contributed by atoms with van der Waals surface area (Å²) in [5.74, 6) is -1.46. The number of nitrogens with zero attached hydrogens (tertiary/aromatic N) is 3. The van der Waals surface area contributed by atoms with Crippen LogP contribution in [0.25, 0.3) is 0 Å². The fourth-order valence-corrected chi connectivity index (χ4v) is 3.29. The van der Waals surface area contributed by atoms with Crippen LogP contribution in [0.5, 0.6) is 0 Å². The van der Waals surface area contributed by atoms with Crippen LogP contribution in [0.15, 0.2) is 22.8 Å². The molecular formula is C17H17BrFN5O3. The third-order valence-electron chi connectivity index (χ3n) is 4.37. The molecule has 1 fully saturated rings. The SMILES string of the molecule is N#C[C@@H]1CCOC[C@H]1n1cc(C(N)=O)c(Nc2cc(F)c(Br)c(CO)c2)n1. The van der Waals surface area contributed by atoms with E-state index in [0.717, 1.165) is 0 Å². The first-order valence-corrected chi connectivity index (χ1v) is 8.96. The summed E-state index contributed by atoms with van der Waals surface area (Å²) in [6.45, 7) is 0.415. The number of aliphatic hydroxyl groups excluding tert-OH is 1. The van der Waals surface area contributed by atoms with Gasteiger partial charge in [-0.25, -0.2) is 4.39 Å². The number of rotatable bonds is 5. The highest BCUT2D eigenvalue weighted by Crippen LogP contribution is 2.30. The Balaban J connectivity index is 1.96. The van der Waals surface area contributed by atoms with Crippen molar-refractivity contribution in [3.05, 3.63) is 39.7 Å². The lowest BCUT2D eigenvalue weighted by Crippen LogP contribution is -2.29. The van der Waals surface area contributed by atoms with Crippen molar-refractivity contribution in [3.8, 4) is 6.07 Å². The van der Waals surface area contributed by atoms with Gasteiger partial charge in [0.05, 0.1) is 35.7 Å². The first kappa shape index (κ1) is 19.3. The summed E-state index contributed by atoms with van der Waals surface area (Å²) < 4.78 is 21.1. The smallest absolute Gasteiger partial charge is 0.254 e. The molecule has 0 unspecified atom stereocenters. The second-order valence-electron chi connectivity index (χ2n) is 6.12. The summed E-state index contributed by atoms with van der Waals surface area (Å²) in [4.78, 5) is 11.8. The number of halogens is 2. The number of carbonyl (C=O) groups is 1. The number of anilines is 2. The molecule has 1 aromatic carbocycles. The Morgan fingerprint density at radius 1 is 1.59 bits per heavy atom. The molecule has 0 saturated carbocycles. The van der Waals surface area contributed by atoms with Crippen LogP contribution in [-0.2, 0) is 11.3 Å². The molecule has 1 aliphatic heterocycles. The molecule has 2 heterocycles. The van der Waals surface area contributed by atoms with E-state index in [-0.39, 0.29) is 34.4 Å². The van der Waals surface area contributed by atoms with E-state index in [2.05, 4.69) is 32.4 Å². The highest BCUT2D eigenvalue weighted by atomic mass is 79.9. The molecule has 1 amide bonds. The molecule has 2 atom stereocenters. The molecule has 10 heteroatoms. The van der Waals surface area contributed by atoms with Gasteiger partial charge in [-0.1, -0.05) is 0 Å². The van der Waals surface area contributed by atoms with E-state index in [1.54, 1.807) is 0 Å². The van der Waals surface area contributed by atoms with Crippen molar-refractivity contribution in [1.29, 1.82) is 5.26 Å². The van der Waals surface area contributed by atoms with Crippen LogP contribution in [0, 0.1) is 23.1 Å². The van der Waals surface area contributed by atoms with E-state index < -0.39 is 11.7 Å². The molecule has 8 nitrogen and oxygen atoms in total. The van der Waals surface area contributed by atoms with Gasteiger partial charge in [-0.2, -0.15) is 10.4 Å². The van der Waals surface area contributed by atoms with Crippen LogP contribution in [0.1, 0.15) is 28.4 Å². The predicted molar refractivity (Wildman–Crippen MR) is 97.6 cm³/mol. The molecule has 4 N–H and O–H groups in total. The maximum atomic E-state index is 14.0. The number of aliphatic hydroxyl groups is 1. The van der Waals surface area contributed by atoms with E-state index >= 15 is 0 Å². The number of hydrogen-bond acceptors (Lipinski definition) is 6. The average Bonchev–Trinajstić information content (AvgIpc) is 3.08. The molecule has 1 saturated heterocycles. The number of nitrogens with two attached hydrogens (primary N) is 1. The Bertz CT molecular complexity index is 911. The highest BCUT2D eigenvalue weighted by molar-refractivity contribution is 9.10. The Hall–Kier alpha value is -2.48. The van der Waals surface area contributed by atoms with Gasteiger partial charge in [0, 0.05) is 18.5 Å². The number of ether oxygens (including phenoxy) is 1. The topological polar surface area (TPSA) is 126 Å². The van der Waals surface area contributed by atoms with Crippen molar-refractivity contribution in [2.24, 2.45) is 11.7 Å². The standard InChI is InChI=1S/C17H17BrFN5O3/c18-15-10(7-25)3-11(4-13(15)19)22-17-12(16(21)26)6-24(23-17)14-8-27-2-1-9(14)5-20/h3-4,6,9,14,25H,1-2,7-8H2,(H2,21,26)(H,22,23)/t9-,14+/m0/s1. The van der Waals surface area contributed by atoms with Gasteiger partial charge in [0.25, 0.3) is 5.91 Å². The Labute approximate surface area is 162 Å². The van der Waals surface area contributed by atoms with Crippen LogP contribution >= 0.6 is 15.9 Å². The number of amides is 1. The van der Waals surface area contributed by atoms with Gasteiger partial charge in [-0.3, -0.25) is 9.48 Å². The molecule has 142 valence electrons. The summed E-state index contributed by atoms with van der Waals surface area (Å²) >= 11 is 3.07. The molecule has 27 heavy (non-hydrogen) atoms. The third-order valence-corrected chi connectivity index (χ3v) is 5.25. The maximum absolute atomic E-state index is 14.0. The quantitative estimate of drug-likeness (QED) is 0.657. The van der Waals surface area contributed by atoms with Crippen LogP contribution in [0.2, 0.25) is 0 Å². The second-order valence-corrected chi connectivity index (χ2v) is 6.91. The van der Waals surface area contributed by atoms with Crippen LogP contribution in [-0.4, -0.2) is 34.0 Å². The normalized spacial score (nSPS) is 19.5. The number of hydrogen-bond donors (Lipinski definition) is 3. The van der Waals surface area contributed by atoms with Crippen molar-refractivity contribution in [2.45, 2.75) is 19.1 Å². The number of primary amides is 1. The van der Waals surface area contributed by atoms with Crippen LogP contribution < -0.4 is 11.1 Å². The summed E-state index contributed by atoms with van der Waals surface area (Å²) in [5, 5.41) is 25.9. The molecule has 0 radical (unpaired) electrons.